The Kier molecular flexibility index (Phi) is 5.94. The van der Waals surface area contributed by atoms with Gasteiger partial charge >= 0.3 is 5.97 Å². The summed E-state index contributed by atoms with van der Waals surface area (Å²) in [6.07, 6.45) is 2.90. The number of carbonyl (C=O) groups excluding carboxylic acids is 1. The van der Waals surface area contributed by atoms with Crippen molar-refractivity contribution in [1.29, 1.82) is 0 Å². The number of nitrogens with one attached hydrogen (secondary N) is 1. The van der Waals surface area contributed by atoms with Gasteiger partial charge in [0.25, 0.3) is 0 Å². The smallest absolute Gasteiger partial charge is 0.333 e. The molecule has 1 unspecified atom stereocenters. The summed E-state index contributed by atoms with van der Waals surface area (Å²) in [6, 6.07) is 4.54. The van der Waals surface area contributed by atoms with Crippen molar-refractivity contribution in [1.82, 2.24) is 5.32 Å². The lowest BCUT2D eigenvalue weighted by molar-refractivity contribution is -0.136. The maximum absolute atomic E-state index is 11.2. The first-order valence-electron chi connectivity index (χ1n) is 5.70. The average Bonchev–Trinajstić information content (AvgIpc) is 2.87. The van der Waals surface area contributed by atoms with Crippen molar-refractivity contribution in [3.05, 3.63) is 34.0 Å². The number of hydrogen-bond acceptors (Lipinski definition) is 4. The summed E-state index contributed by atoms with van der Waals surface area (Å²) in [5.74, 6) is -0.268. The molecule has 0 saturated heterocycles. The third-order valence-electron chi connectivity index (χ3n) is 2.57. The summed E-state index contributed by atoms with van der Waals surface area (Å²) in [6.45, 7) is 4.59. The fourth-order valence-electron chi connectivity index (χ4n) is 1.53. The van der Waals surface area contributed by atoms with Crippen LogP contribution in [0.15, 0.2) is 29.2 Å². The number of hydrogen-bond donors (Lipinski definition) is 1. The lowest BCUT2D eigenvalue weighted by atomic mass is 10.2. The van der Waals surface area contributed by atoms with Crippen LogP contribution < -0.4 is 5.32 Å². The SMILES string of the molecule is CCC(NC/C=C(/C)C(=O)OC)c1cccs1. The zero-order chi connectivity index (χ0) is 12.7. The Labute approximate surface area is 106 Å². The van der Waals surface area contributed by atoms with Crippen molar-refractivity contribution in [3.8, 4) is 0 Å². The highest BCUT2D eigenvalue weighted by molar-refractivity contribution is 7.10. The van der Waals surface area contributed by atoms with Crippen molar-refractivity contribution < 1.29 is 9.53 Å². The number of ether oxygens (including phenoxy) is 1. The molecule has 1 rings (SSSR count). The van der Waals surface area contributed by atoms with E-state index in [-0.39, 0.29) is 5.97 Å². The van der Waals surface area contributed by atoms with Gasteiger partial charge in [-0.25, -0.2) is 4.79 Å². The van der Waals surface area contributed by atoms with Crippen molar-refractivity contribution in [3.63, 3.8) is 0 Å². The van der Waals surface area contributed by atoms with Gasteiger partial charge in [0.2, 0.25) is 0 Å². The first-order chi connectivity index (χ1) is 8.19. The van der Waals surface area contributed by atoms with E-state index in [1.807, 2.05) is 6.08 Å². The lowest BCUT2D eigenvalue weighted by Gasteiger charge is -2.14. The molecular weight excluding hydrogens is 234 g/mol. The third-order valence-corrected chi connectivity index (χ3v) is 3.56. The molecule has 1 heterocycles. The Morgan fingerprint density at radius 2 is 2.41 bits per heavy atom. The molecule has 1 atom stereocenters. The van der Waals surface area contributed by atoms with E-state index in [4.69, 9.17) is 0 Å². The predicted octanol–water partition coefficient (Wildman–Crippen LogP) is 2.91. The summed E-state index contributed by atoms with van der Waals surface area (Å²) in [5.41, 5.74) is 0.640. The topological polar surface area (TPSA) is 38.3 Å². The molecule has 0 amide bonds. The van der Waals surface area contributed by atoms with Gasteiger partial charge in [-0.3, -0.25) is 0 Å². The number of rotatable bonds is 6. The van der Waals surface area contributed by atoms with Gasteiger partial charge in [0, 0.05) is 23.0 Å². The van der Waals surface area contributed by atoms with Crippen molar-refractivity contribution in [2.45, 2.75) is 26.3 Å². The second kappa shape index (κ2) is 7.25. The van der Waals surface area contributed by atoms with Gasteiger partial charge in [0.15, 0.2) is 0 Å². The average molecular weight is 253 g/mol. The fraction of sp³-hybridized carbons (Fsp3) is 0.462. The molecule has 1 aromatic heterocycles. The van der Waals surface area contributed by atoms with Gasteiger partial charge < -0.3 is 10.1 Å². The highest BCUT2D eigenvalue weighted by atomic mass is 32.1. The van der Waals surface area contributed by atoms with Gasteiger partial charge in [-0.05, 0) is 24.8 Å². The maximum Gasteiger partial charge on any atom is 0.333 e. The molecule has 0 aromatic carbocycles. The van der Waals surface area contributed by atoms with E-state index >= 15 is 0 Å². The van der Waals surface area contributed by atoms with E-state index in [0.717, 1.165) is 6.42 Å². The minimum atomic E-state index is -0.268. The van der Waals surface area contributed by atoms with Gasteiger partial charge in [0.1, 0.15) is 0 Å². The Balaban J connectivity index is 2.47. The van der Waals surface area contributed by atoms with Gasteiger partial charge in [-0.15, -0.1) is 11.3 Å². The van der Waals surface area contributed by atoms with E-state index in [9.17, 15) is 4.79 Å². The molecule has 1 aromatic rings. The lowest BCUT2D eigenvalue weighted by Crippen LogP contribution is -2.20. The molecule has 4 heteroatoms. The zero-order valence-electron chi connectivity index (χ0n) is 10.5. The molecule has 0 spiro atoms. The zero-order valence-corrected chi connectivity index (χ0v) is 11.3. The molecule has 17 heavy (non-hydrogen) atoms. The van der Waals surface area contributed by atoms with Crippen LogP contribution in [0.5, 0.6) is 0 Å². The van der Waals surface area contributed by atoms with E-state index in [1.54, 1.807) is 18.3 Å². The second-order valence-corrected chi connectivity index (χ2v) is 4.74. The van der Waals surface area contributed by atoms with Crippen LogP contribution in [0.1, 0.15) is 31.2 Å². The molecule has 3 nitrogen and oxygen atoms in total. The number of thiophene rings is 1. The van der Waals surface area contributed by atoms with Crippen molar-refractivity contribution in [2.24, 2.45) is 0 Å². The number of esters is 1. The molecular formula is C13H19NO2S. The minimum absolute atomic E-state index is 0.268. The van der Waals surface area contributed by atoms with Crippen molar-refractivity contribution >= 4 is 17.3 Å². The minimum Gasteiger partial charge on any atom is -0.466 e. The Bertz CT molecular complexity index is 371. The molecule has 0 aliphatic rings. The van der Waals surface area contributed by atoms with E-state index in [1.165, 1.54) is 12.0 Å². The fourth-order valence-corrected chi connectivity index (χ4v) is 2.42. The summed E-state index contributed by atoms with van der Waals surface area (Å²) in [5, 5.41) is 5.49. The van der Waals surface area contributed by atoms with E-state index < -0.39 is 0 Å². The van der Waals surface area contributed by atoms with Crippen LogP contribution in [0, 0.1) is 0 Å². The van der Waals surface area contributed by atoms with Crippen molar-refractivity contribution in [2.75, 3.05) is 13.7 Å². The standard InChI is InChI=1S/C13H19NO2S/c1-4-11(12-6-5-9-17-12)14-8-7-10(2)13(15)16-3/h5-7,9,11,14H,4,8H2,1-3H3/b10-7-. The molecule has 0 saturated carbocycles. The molecule has 94 valence electrons. The first kappa shape index (κ1) is 13.9. The third kappa shape index (κ3) is 4.32. The van der Waals surface area contributed by atoms with E-state index in [0.29, 0.717) is 18.2 Å². The summed E-state index contributed by atoms with van der Waals surface area (Å²) in [7, 11) is 1.40. The van der Waals surface area contributed by atoms with Crippen LogP contribution in [0.4, 0.5) is 0 Å². The summed E-state index contributed by atoms with van der Waals surface area (Å²) in [4.78, 5) is 12.5. The highest BCUT2D eigenvalue weighted by Gasteiger charge is 2.08. The quantitative estimate of drug-likeness (QED) is 0.626. The number of methoxy groups -OCH3 is 1. The Morgan fingerprint density at radius 1 is 1.65 bits per heavy atom. The molecule has 0 radical (unpaired) electrons. The van der Waals surface area contributed by atoms with Crippen LogP contribution in [-0.2, 0) is 9.53 Å². The monoisotopic (exact) mass is 253 g/mol. The van der Waals surface area contributed by atoms with Gasteiger partial charge in [-0.1, -0.05) is 19.1 Å². The Morgan fingerprint density at radius 3 is 2.94 bits per heavy atom. The molecule has 0 aliphatic heterocycles. The summed E-state index contributed by atoms with van der Waals surface area (Å²) < 4.78 is 4.64. The van der Waals surface area contributed by atoms with Crippen LogP contribution >= 0.6 is 11.3 Å². The summed E-state index contributed by atoms with van der Waals surface area (Å²) >= 11 is 1.75. The van der Waals surface area contributed by atoms with Gasteiger partial charge in [-0.2, -0.15) is 0 Å². The van der Waals surface area contributed by atoms with Crippen LogP contribution in [0.25, 0.3) is 0 Å². The first-order valence-corrected chi connectivity index (χ1v) is 6.58. The Hall–Kier alpha value is -1.13. The number of carbonyl (C=O) groups is 1. The second-order valence-electron chi connectivity index (χ2n) is 3.76. The maximum atomic E-state index is 11.2. The molecule has 0 bridgehead atoms. The predicted molar refractivity (Wildman–Crippen MR) is 71.1 cm³/mol. The molecule has 1 N–H and O–H groups in total. The van der Waals surface area contributed by atoms with Crippen LogP contribution in [0.3, 0.4) is 0 Å². The normalized spacial score (nSPS) is 13.5. The van der Waals surface area contributed by atoms with Gasteiger partial charge in [0.05, 0.1) is 7.11 Å². The largest absolute Gasteiger partial charge is 0.466 e. The van der Waals surface area contributed by atoms with Crippen LogP contribution in [0.2, 0.25) is 0 Å². The highest BCUT2D eigenvalue weighted by Crippen LogP contribution is 2.21. The molecule has 0 aliphatic carbocycles. The van der Waals surface area contributed by atoms with E-state index in [2.05, 4.69) is 34.5 Å². The van der Waals surface area contributed by atoms with Crippen LogP contribution in [-0.4, -0.2) is 19.6 Å². The molecule has 0 fully saturated rings.